The zero-order valence-electron chi connectivity index (χ0n) is 30.4. The average Bonchev–Trinajstić information content (AvgIpc) is 3.49. The molecule has 1 aromatic heterocycles. The number of rotatable bonds is 4. The number of carbonyl (C=O) groups excluding carboxylic acids is 2. The van der Waals surface area contributed by atoms with Gasteiger partial charge in [0.1, 0.15) is 5.75 Å². The minimum Gasteiger partial charge on any atom is -0.490 e. The molecule has 2 bridgehead atoms. The molecule has 0 unspecified atom stereocenters. The predicted octanol–water partition coefficient (Wildman–Crippen LogP) is 8.08. The highest BCUT2D eigenvalue weighted by atomic mass is 35.5. The van der Waals surface area contributed by atoms with Crippen LogP contribution in [0.4, 0.5) is 5.69 Å². The molecule has 0 radical (unpaired) electrons. The van der Waals surface area contributed by atoms with Crippen molar-refractivity contribution in [3.63, 3.8) is 0 Å². The number of aromatic nitrogens is 1. The van der Waals surface area contributed by atoms with E-state index in [1.54, 1.807) is 13.2 Å². The Hall–Kier alpha value is -3.40. The van der Waals surface area contributed by atoms with Crippen LogP contribution in [0.25, 0.3) is 0 Å². The summed E-state index contributed by atoms with van der Waals surface area (Å²) >= 11 is 6.47. The number of amides is 1. The van der Waals surface area contributed by atoms with Crippen molar-refractivity contribution in [2.45, 2.75) is 82.8 Å². The number of allylic oxidation sites excluding steroid dienone is 1. The molecule has 8 rings (SSSR count). The van der Waals surface area contributed by atoms with Gasteiger partial charge in [0, 0.05) is 66.0 Å². The molecule has 0 saturated heterocycles. The van der Waals surface area contributed by atoms with Crippen molar-refractivity contribution in [2.75, 3.05) is 43.2 Å². The summed E-state index contributed by atoms with van der Waals surface area (Å²) in [6, 6.07) is 13.7. The summed E-state index contributed by atoms with van der Waals surface area (Å²) in [5, 5.41) is 0.752. The van der Waals surface area contributed by atoms with E-state index in [4.69, 9.17) is 21.1 Å². The summed E-state index contributed by atoms with van der Waals surface area (Å²) < 4.78 is 34.1. The number of benzene rings is 2. The summed E-state index contributed by atoms with van der Waals surface area (Å²) in [5.74, 6) is 0.534. The van der Waals surface area contributed by atoms with E-state index >= 15 is 0 Å². The van der Waals surface area contributed by atoms with E-state index < -0.39 is 15.6 Å². The van der Waals surface area contributed by atoms with E-state index in [1.807, 2.05) is 37.4 Å². The topological polar surface area (TPSA) is 90.2 Å². The lowest BCUT2D eigenvalue weighted by atomic mass is 9.68. The highest BCUT2D eigenvalue weighted by Crippen LogP contribution is 2.47. The van der Waals surface area contributed by atoms with Gasteiger partial charge in [0.2, 0.25) is 0 Å². The predicted molar refractivity (Wildman–Crippen MR) is 206 cm³/mol. The van der Waals surface area contributed by atoms with E-state index in [-0.39, 0.29) is 34.7 Å². The number of ketones is 1. The highest BCUT2D eigenvalue weighted by Gasteiger charge is 2.44. The molecule has 10 heteroatoms. The van der Waals surface area contributed by atoms with Crippen molar-refractivity contribution in [2.24, 2.45) is 22.1 Å². The first-order valence-electron chi connectivity index (χ1n) is 19.1. The van der Waals surface area contributed by atoms with Crippen LogP contribution in [0.3, 0.4) is 0 Å². The van der Waals surface area contributed by atoms with Crippen LogP contribution >= 0.6 is 11.6 Å². The Labute approximate surface area is 313 Å². The van der Waals surface area contributed by atoms with Crippen molar-refractivity contribution in [3.8, 4) is 5.75 Å². The maximum atomic E-state index is 14.8. The average molecular weight is 744 g/mol. The molecule has 4 heterocycles. The third-order valence-corrected chi connectivity index (χ3v) is 14.9. The van der Waals surface area contributed by atoms with Gasteiger partial charge in [-0.05, 0) is 123 Å². The normalized spacial score (nSPS) is 30.8. The largest absolute Gasteiger partial charge is 0.490 e. The van der Waals surface area contributed by atoms with Crippen molar-refractivity contribution >= 4 is 38.7 Å². The standard InChI is InChI=1S/C42H50ClN3O5S/c1-28-7-5-10-39(50-2)35-14-11-31(35)22-46-26-42(17-6-8-29-19-33(43)13-15-36(29)42)27-51-40-16-12-30(21-37(40)46)41(48)44-52(49,24-28)25-38(47)32-20-34-9-3-4-18-45(34)23-32/h5,10,12-13,15-16,19-21,23,28,31,35,39H,3-4,6-9,11,14,17-18,22,24-27H2,1-2H3/b10-5+/t28-,31-,35+,39-,42-,52+/m0/s1. The maximum Gasteiger partial charge on any atom is 0.285 e. The van der Waals surface area contributed by atoms with Crippen LogP contribution in [0.1, 0.15) is 89.4 Å². The monoisotopic (exact) mass is 743 g/mol. The summed E-state index contributed by atoms with van der Waals surface area (Å²) in [6.07, 6.45) is 15.1. The van der Waals surface area contributed by atoms with Gasteiger partial charge in [-0.3, -0.25) is 9.59 Å². The summed E-state index contributed by atoms with van der Waals surface area (Å²) in [7, 11) is -1.46. The molecule has 1 amide bonds. The molecule has 1 fully saturated rings. The fourth-order valence-corrected chi connectivity index (χ4v) is 11.9. The number of carbonyl (C=O) groups is 2. The molecule has 1 saturated carbocycles. The summed E-state index contributed by atoms with van der Waals surface area (Å²) in [4.78, 5) is 30.3. The molecule has 8 nitrogen and oxygen atoms in total. The quantitative estimate of drug-likeness (QED) is 0.198. The van der Waals surface area contributed by atoms with Crippen LogP contribution in [-0.2, 0) is 39.3 Å². The van der Waals surface area contributed by atoms with Gasteiger partial charge in [0.15, 0.2) is 5.78 Å². The van der Waals surface area contributed by atoms with Crippen LogP contribution < -0.4 is 9.64 Å². The van der Waals surface area contributed by atoms with Crippen LogP contribution in [0.15, 0.2) is 65.2 Å². The Morgan fingerprint density at radius 2 is 2.00 bits per heavy atom. The molecular formula is C42H50ClN3O5S. The summed E-state index contributed by atoms with van der Waals surface area (Å²) in [5.41, 5.74) is 5.24. The smallest absolute Gasteiger partial charge is 0.285 e. The van der Waals surface area contributed by atoms with E-state index in [9.17, 15) is 13.8 Å². The maximum absolute atomic E-state index is 14.8. The molecule has 1 spiro atoms. The van der Waals surface area contributed by atoms with Crippen molar-refractivity contribution in [1.29, 1.82) is 0 Å². The Morgan fingerprint density at radius 1 is 1.12 bits per heavy atom. The second-order valence-electron chi connectivity index (χ2n) is 16.0. The number of hydrogen-bond donors (Lipinski definition) is 0. The van der Waals surface area contributed by atoms with E-state index in [2.05, 4.69) is 38.1 Å². The number of fused-ring (bicyclic) bond motifs is 5. The first-order valence-corrected chi connectivity index (χ1v) is 21.3. The Kier molecular flexibility index (Phi) is 9.89. The van der Waals surface area contributed by atoms with Crippen LogP contribution in [0.2, 0.25) is 5.02 Å². The number of aryl methyl sites for hydroxylation is 3. The molecule has 276 valence electrons. The lowest BCUT2D eigenvalue weighted by Crippen LogP contribution is -2.49. The van der Waals surface area contributed by atoms with Gasteiger partial charge >= 0.3 is 0 Å². The van der Waals surface area contributed by atoms with Crippen molar-refractivity contribution in [1.82, 2.24) is 4.57 Å². The number of ether oxygens (including phenoxy) is 2. The minimum absolute atomic E-state index is 0.0301. The first kappa shape index (κ1) is 35.6. The van der Waals surface area contributed by atoms with E-state index in [0.29, 0.717) is 36.0 Å². The van der Waals surface area contributed by atoms with Gasteiger partial charge < -0.3 is 18.9 Å². The first-order chi connectivity index (χ1) is 25.1. The molecule has 3 aliphatic heterocycles. The number of methoxy groups -OCH3 is 1. The number of hydrogen-bond acceptors (Lipinski definition) is 6. The molecule has 6 atom stereocenters. The second-order valence-corrected chi connectivity index (χ2v) is 18.8. The number of nitrogens with zero attached hydrogens (tertiary/aromatic N) is 3. The SMILES string of the molecule is CO[C@H]1/C=C/C[C@H](C)C[S@@](=O)(CC(=O)c2cc3n(c2)CCCC3)=NC(=O)c2ccc3c(c2)N(C[C@@H]2CC[C@H]21)C[C@@]1(CCCc2cc(Cl)ccc21)CO3. The Balaban J connectivity index is 1.18. The Morgan fingerprint density at radius 3 is 2.81 bits per heavy atom. The fourth-order valence-electron chi connectivity index (χ4n) is 9.47. The Bertz CT molecular complexity index is 2010. The zero-order valence-corrected chi connectivity index (χ0v) is 31.9. The highest BCUT2D eigenvalue weighted by molar-refractivity contribution is 7.94. The summed E-state index contributed by atoms with van der Waals surface area (Å²) in [6.45, 7) is 4.97. The van der Waals surface area contributed by atoms with Gasteiger partial charge in [-0.15, -0.1) is 0 Å². The lowest BCUT2D eigenvalue weighted by molar-refractivity contribution is 0.0131. The van der Waals surface area contributed by atoms with E-state index in [1.165, 1.54) is 11.1 Å². The number of Topliss-reactive ketones (excluding diaryl/α,β-unsaturated/α-hetero) is 1. The van der Waals surface area contributed by atoms with Crippen LogP contribution in [0, 0.1) is 17.8 Å². The van der Waals surface area contributed by atoms with Crippen molar-refractivity contribution in [3.05, 3.63) is 93.8 Å². The van der Waals surface area contributed by atoms with Gasteiger partial charge in [-0.1, -0.05) is 36.7 Å². The third kappa shape index (κ3) is 7.01. The van der Waals surface area contributed by atoms with E-state index in [0.717, 1.165) is 93.2 Å². The zero-order chi connectivity index (χ0) is 36.0. The van der Waals surface area contributed by atoms with Crippen LogP contribution in [0.5, 0.6) is 5.75 Å². The molecule has 0 N–H and O–H groups in total. The molecular weight excluding hydrogens is 694 g/mol. The molecule has 2 aromatic carbocycles. The lowest BCUT2D eigenvalue weighted by Gasteiger charge is -2.46. The van der Waals surface area contributed by atoms with Gasteiger partial charge in [-0.25, -0.2) is 4.21 Å². The van der Waals surface area contributed by atoms with Gasteiger partial charge in [0.25, 0.3) is 5.91 Å². The molecule has 5 aliphatic rings. The van der Waals surface area contributed by atoms with Crippen LogP contribution in [-0.4, -0.2) is 64.9 Å². The fraction of sp³-hybridized carbons (Fsp3) is 0.524. The molecule has 3 aromatic rings. The number of halogens is 1. The van der Waals surface area contributed by atoms with Gasteiger partial charge in [-0.2, -0.15) is 4.36 Å². The minimum atomic E-state index is -3.25. The number of anilines is 1. The second kappa shape index (κ2) is 14.4. The molecule has 2 aliphatic carbocycles. The van der Waals surface area contributed by atoms with Crippen molar-refractivity contribution < 1.29 is 23.3 Å². The molecule has 52 heavy (non-hydrogen) atoms. The third-order valence-electron chi connectivity index (χ3n) is 12.3. The van der Waals surface area contributed by atoms with Gasteiger partial charge in [0.05, 0.1) is 33.9 Å².